The molecule has 6 heteroatoms. The van der Waals surface area contributed by atoms with E-state index in [1.165, 1.54) is 11.8 Å². The predicted octanol–water partition coefficient (Wildman–Crippen LogP) is 3.45. The Labute approximate surface area is 127 Å². The molecule has 20 heavy (non-hydrogen) atoms. The average molecular weight is 326 g/mol. The van der Waals surface area contributed by atoms with E-state index in [-0.39, 0.29) is 11.0 Å². The molecule has 0 radical (unpaired) electrons. The van der Waals surface area contributed by atoms with Crippen molar-refractivity contribution in [3.05, 3.63) is 45.6 Å². The zero-order chi connectivity index (χ0) is 14.2. The topological polar surface area (TPSA) is 43.4 Å². The molecule has 0 aromatic heterocycles. The van der Waals surface area contributed by atoms with Crippen LogP contribution in [0.4, 0.5) is 0 Å². The van der Waals surface area contributed by atoms with Crippen molar-refractivity contribution in [2.45, 2.75) is 16.6 Å². The van der Waals surface area contributed by atoms with Crippen molar-refractivity contribution in [1.82, 2.24) is 0 Å². The van der Waals surface area contributed by atoms with Crippen LogP contribution >= 0.6 is 23.5 Å². The molecule has 0 spiro atoms. The van der Waals surface area contributed by atoms with Crippen molar-refractivity contribution in [3.63, 3.8) is 0 Å². The van der Waals surface area contributed by atoms with Crippen molar-refractivity contribution >= 4 is 33.4 Å². The second kappa shape index (κ2) is 5.50. The molecule has 2 aliphatic heterocycles. The van der Waals surface area contributed by atoms with Gasteiger partial charge in [0.25, 0.3) is 0 Å². The van der Waals surface area contributed by atoms with Crippen LogP contribution in [0.25, 0.3) is 0 Å². The summed E-state index contributed by atoms with van der Waals surface area (Å²) in [6, 6.07) is 7.85. The summed E-state index contributed by atoms with van der Waals surface area (Å²) >= 11 is 3.00. The van der Waals surface area contributed by atoms with Crippen LogP contribution in [-0.4, -0.2) is 26.5 Å². The third-order valence-electron chi connectivity index (χ3n) is 3.26. The number of benzene rings is 1. The molecule has 1 unspecified atom stereocenters. The summed E-state index contributed by atoms with van der Waals surface area (Å²) in [4.78, 5) is 1.09. The predicted molar refractivity (Wildman–Crippen MR) is 84.8 cm³/mol. The van der Waals surface area contributed by atoms with Crippen LogP contribution in [0.1, 0.15) is 6.42 Å². The monoisotopic (exact) mass is 326 g/mol. The van der Waals surface area contributed by atoms with E-state index in [1.807, 2.05) is 29.7 Å². The zero-order valence-electron chi connectivity index (χ0n) is 10.9. The van der Waals surface area contributed by atoms with E-state index in [0.29, 0.717) is 10.7 Å². The van der Waals surface area contributed by atoms with Crippen LogP contribution in [0, 0.1) is 0 Å². The van der Waals surface area contributed by atoms with Crippen LogP contribution in [0.15, 0.2) is 50.5 Å². The number of thioether (sulfide) groups is 2. The second-order valence-corrected chi connectivity index (χ2v) is 8.98. The Morgan fingerprint density at radius 2 is 2.25 bits per heavy atom. The quantitative estimate of drug-likeness (QED) is 0.851. The number of methoxy groups -OCH3 is 1. The van der Waals surface area contributed by atoms with Gasteiger partial charge in [-0.25, -0.2) is 8.42 Å². The number of ether oxygens (including phenoxy) is 1. The minimum absolute atomic E-state index is 0.107. The van der Waals surface area contributed by atoms with E-state index in [9.17, 15) is 8.42 Å². The Hall–Kier alpha value is -0.850. The first-order valence-electron chi connectivity index (χ1n) is 6.20. The lowest BCUT2D eigenvalue weighted by Gasteiger charge is -2.18. The van der Waals surface area contributed by atoms with Crippen molar-refractivity contribution in [3.8, 4) is 5.75 Å². The second-order valence-electron chi connectivity index (χ2n) is 4.55. The molecule has 2 heterocycles. The fourth-order valence-electron chi connectivity index (χ4n) is 2.27. The van der Waals surface area contributed by atoms with Gasteiger partial charge in [0.15, 0.2) is 9.84 Å². The molecule has 2 aliphatic rings. The minimum atomic E-state index is -3.03. The van der Waals surface area contributed by atoms with Crippen molar-refractivity contribution in [2.24, 2.45) is 0 Å². The van der Waals surface area contributed by atoms with Gasteiger partial charge < -0.3 is 4.74 Å². The maximum atomic E-state index is 12.0. The van der Waals surface area contributed by atoms with Gasteiger partial charge in [-0.1, -0.05) is 23.9 Å². The Balaban J connectivity index is 1.87. The van der Waals surface area contributed by atoms with Crippen molar-refractivity contribution in [1.29, 1.82) is 0 Å². The summed E-state index contributed by atoms with van der Waals surface area (Å²) in [5.41, 5.74) is 1.05. The Kier molecular flexibility index (Phi) is 3.88. The van der Waals surface area contributed by atoms with Crippen molar-refractivity contribution in [2.75, 3.05) is 12.9 Å². The SMILES string of the molecule is COc1cccc(SC2C=CSC3=C2CCS3(=O)=O)c1. The lowest BCUT2D eigenvalue weighted by atomic mass is 10.1. The number of rotatable bonds is 3. The van der Waals surface area contributed by atoms with Gasteiger partial charge in [0.2, 0.25) is 0 Å². The molecule has 0 saturated heterocycles. The third-order valence-corrected chi connectivity index (χ3v) is 7.87. The summed E-state index contributed by atoms with van der Waals surface area (Å²) in [6.45, 7) is 0. The molecule has 0 bridgehead atoms. The Morgan fingerprint density at radius 3 is 3.05 bits per heavy atom. The first kappa shape index (κ1) is 14.1. The average Bonchev–Trinajstić information content (AvgIpc) is 2.76. The van der Waals surface area contributed by atoms with Gasteiger partial charge in [-0.05, 0) is 35.6 Å². The largest absolute Gasteiger partial charge is 0.497 e. The van der Waals surface area contributed by atoms with E-state index in [2.05, 4.69) is 6.08 Å². The molecule has 3 nitrogen and oxygen atoms in total. The normalized spacial score (nSPS) is 23.8. The molecule has 0 saturated carbocycles. The van der Waals surface area contributed by atoms with Gasteiger partial charge in [-0.2, -0.15) is 0 Å². The van der Waals surface area contributed by atoms with Gasteiger partial charge in [0, 0.05) is 4.90 Å². The van der Waals surface area contributed by atoms with E-state index < -0.39 is 9.84 Å². The van der Waals surface area contributed by atoms with Gasteiger partial charge in [-0.15, -0.1) is 11.8 Å². The fraction of sp³-hybridized carbons (Fsp3) is 0.286. The van der Waals surface area contributed by atoms with Crippen LogP contribution in [0.2, 0.25) is 0 Å². The maximum Gasteiger partial charge on any atom is 0.184 e. The van der Waals surface area contributed by atoms with E-state index in [1.54, 1.807) is 18.9 Å². The number of hydrogen-bond donors (Lipinski definition) is 0. The van der Waals surface area contributed by atoms with Crippen LogP contribution in [0.3, 0.4) is 0 Å². The molecule has 0 N–H and O–H groups in total. The first-order valence-corrected chi connectivity index (χ1v) is 9.61. The Bertz CT molecular complexity index is 689. The summed E-state index contributed by atoms with van der Waals surface area (Å²) in [5.74, 6) is 1.07. The first-order chi connectivity index (χ1) is 9.60. The summed E-state index contributed by atoms with van der Waals surface area (Å²) in [5, 5.41) is 2.00. The van der Waals surface area contributed by atoms with E-state index in [4.69, 9.17) is 4.74 Å². The molecule has 1 atom stereocenters. The summed E-state index contributed by atoms with van der Waals surface area (Å²) in [7, 11) is -1.39. The van der Waals surface area contributed by atoms with E-state index >= 15 is 0 Å². The van der Waals surface area contributed by atoms with E-state index in [0.717, 1.165) is 16.2 Å². The highest BCUT2D eigenvalue weighted by Crippen LogP contribution is 2.45. The standard InChI is InChI=1S/C14H14O3S3/c1-17-10-3-2-4-11(9-10)19-13-5-7-18-14-12(13)6-8-20(14,15)16/h2-5,7,9,13H,6,8H2,1H3. The molecule has 3 rings (SSSR count). The molecule has 1 aromatic rings. The lowest BCUT2D eigenvalue weighted by molar-refractivity contribution is 0.413. The van der Waals surface area contributed by atoms with Crippen LogP contribution in [0.5, 0.6) is 5.75 Å². The number of hydrogen-bond acceptors (Lipinski definition) is 5. The minimum Gasteiger partial charge on any atom is -0.497 e. The summed E-state index contributed by atoms with van der Waals surface area (Å²) < 4.78 is 29.7. The van der Waals surface area contributed by atoms with Gasteiger partial charge in [-0.3, -0.25) is 0 Å². The lowest BCUT2D eigenvalue weighted by Crippen LogP contribution is -2.06. The molecule has 0 amide bonds. The highest BCUT2D eigenvalue weighted by molar-refractivity contribution is 8.20. The highest BCUT2D eigenvalue weighted by atomic mass is 32.3. The molecular formula is C14H14O3S3. The number of sulfone groups is 1. The van der Waals surface area contributed by atoms with Gasteiger partial charge in [0.05, 0.1) is 18.1 Å². The fourth-order valence-corrected chi connectivity index (χ4v) is 6.73. The highest BCUT2D eigenvalue weighted by Gasteiger charge is 2.34. The van der Waals surface area contributed by atoms with Crippen LogP contribution < -0.4 is 4.74 Å². The smallest absolute Gasteiger partial charge is 0.184 e. The Morgan fingerprint density at radius 1 is 1.40 bits per heavy atom. The molecule has 0 fully saturated rings. The molecule has 0 aliphatic carbocycles. The van der Waals surface area contributed by atoms with Crippen LogP contribution in [-0.2, 0) is 9.84 Å². The molecular weight excluding hydrogens is 312 g/mol. The van der Waals surface area contributed by atoms with Gasteiger partial charge in [0.1, 0.15) is 9.99 Å². The molecule has 1 aromatic carbocycles. The zero-order valence-corrected chi connectivity index (χ0v) is 13.4. The van der Waals surface area contributed by atoms with Crippen molar-refractivity contribution < 1.29 is 13.2 Å². The van der Waals surface area contributed by atoms with Gasteiger partial charge >= 0.3 is 0 Å². The maximum absolute atomic E-state index is 12.0. The third kappa shape index (κ3) is 2.64. The molecule has 106 valence electrons. The summed E-state index contributed by atoms with van der Waals surface area (Å²) in [6.07, 6.45) is 2.73.